The first kappa shape index (κ1) is 21.1. The van der Waals surface area contributed by atoms with Crippen LogP contribution in [0.4, 0.5) is 23.7 Å². The summed E-state index contributed by atoms with van der Waals surface area (Å²) < 4.78 is 40.8. The van der Waals surface area contributed by atoms with E-state index in [0.717, 1.165) is 10.7 Å². The van der Waals surface area contributed by atoms with Crippen molar-refractivity contribution >= 4 is 29.2 Å². The van der Waals surface area contributed by atoms with E-state index in [4.69, 9.17) is 11.6 Å². The van der Waals surface area contributed by atoms with Crippen LogP contribution in [-0.2, 0) is 17.5 Å². The van der Waals surface area contributed by atoms with Crippen molar-refractivity contribution in [3.8, 4) is 0 Å². The van der Waals surface area contributed by atoms with Gasteiger partial charge < -0.3 is 10.2 Å². The Morgan fingerprint density at radius 3 is 2.52 bits per heavy atom. The van der Waals surface area contributed by atoms with Gasteiger partial charge in [-0.3, -0.25) is 9.69 Å². The van der Waals surface area contributed by atoms with Crippen LogP contribution in [0.5, 0.6) is 0 Å². The molecule has 0 unspecified atom stereocenters. The first-order valence-corrected chi connectivity index (χ1v) is 9.21. The Morgan fingerprint density at radius 2 is 1.90 bits per heavy atom. The fourth-order valence-electron chi connectivity index (χ4n) is 3.15. The van der Waals surface area contributed by atoms with Crippen LogP contribution < -0.4 is 5.32 Å². The van der Waals surface area contributed by atoms with Crippen LogP contribution in [0.25, 0.3) is 0 Å². The summed E-state index contributed by atoms with van der Waals surface area (Å²) in [5.41, 5.74) is -0.190. The van der Waals surface area contributed by atoms with Gasteiger partial charge in [-0.05, 0) is 23.8 Å². The lowest BCUT2D eigenvalue weighted by atomic mass is 10.1. The predicted molar refractivity (Wildman–Crippen MR) is 101 cm³/mol. The van der Waals surface area contributed by atoms with Crippen LogP contribution >= 0.6 is 11.6 Å². The number of aromatic nitrogens is 2. The second-order valence-electron chi connectivity index (χ2n) is 6.70. The number of benzene rings is 1. The van der Waals surface area contributed by atoms with Crippen LogP contribution in [0, 0.1) is 0 Å². The second kappa shape index (κ2) is 8.42. The third-order valence-corrected chi connectivity index (χ3v) is 4.74. The van der Waals surface area contributed by atoms with E-state index in [1.807, 2.05) is 4.90 Å². The molecule has 2 aromatic rings. The topological polar surface area (TPSA) is 70.5 Å². The summed E-state index contributed by atoms with van der Waals surface area (Å²) >= 11 is 5.88. The van der Waals surface area contributed by atoms with Gasteiger partial charge in [-0.2, -0.15) is 23.0 Å². The maximum atomic E-state index is 13.2. The molecule has 7 nitrogen and oxygen atoms in total. The second-order valence-corrected chi connectivity index (χ2v) is 7.14. The first-order valence-electron chi connectivity index (χ1n) is 8.83. The number of nitrogens with one attached hydrogen (secondary N) is 1. The highest BCUT2D eigenvalue weighted by Crippen LogP contribution is 2.34. The number of carbonyl (C=O) groups is 2. The van der Waals surface area contributed by atoms with Crippen molar-refractivity contribution in [1.82, 2.24) is 19.6 Å². The van der Waals surface area contributed by atoms with E-state index < -0.39 is 11.7 Å². The number of halogens is 4. The molecule has 29 heavy (non-hydrogen) atoms. The molecule has 1 aromatic heterocycles. The van der Waals surface area contributed by atoms with Gasteiger partial charge in [0.15, 0.2) is 0 Å². The van der Waals surface area contributed by atoms with Gasteiger partial charge in [-0.1, -0.05) is 11.6 Å². The predicted octanol–water partition coefficient (Wildman–Crippen LogP) is 3.30. The normalized spacial score (nSPS) is 15.4. The number of amides is 2. The number of rotatable bonds is 3. The van der Waals surface area contributed by atoms with E-state index in [0.29, 0.717) is 31.9 Å². The molecule has 0 radical (unpaired) electrons. The average molecular weight is 430 g/mol. The zero-order valence-corrected chi connectivity index (χ0v) is 16.3. The Hall–Kier alpha value is -2.59. The summed E-state index contributed by atoms with van der Waals surface area (Å²) in [6, 6.07) is 3.18. The Labute approximate surface area is 170 Å². The molecule has 0 saturated carbocycles. The van der Waals surface area contributed by atoms with E-state index >= 15 is 0 Å². The van der Waals surface area contributed by atoms with Crippen LogP contribution in [0.15, 0.2) is 30.6 Å². The number of piperazine rings is 1. The molecular formula is C18H19ClF3N5O2. The highest BCUT2D eigenvalue weighted by Gasteiger charge is 2.34. The van der Waals surface area contributed by atoms with Gasteiger partial charge in [0.25, 0.3) is 0 Å². The zero-order chi connectivity index (χ0) is 21.2. The molecule has 0 atom stereocenters. The van der Waals surface area contributed by atoms with Gasteiger partial charge in [0, 0.05) is 44.7 Å². The monoisotopic (exact) mass is 429 g/mol. The minimum absolute atomic E-state index is 0.0892. The molecule has 1 N–H and O–H groups in total. The number of hydrogen-bond donors (Lipinski definition) is 1. The van der Waals surface area contributed by atoms with Crippen molar-refractivity contribution in [2.24, 2.45) is 0 Å². The van der Waals surface area contributed by atoms with Crippen molar-refractivity contribution in [2.45, 2.75) is 19.6 Å². The van der Waals surface area contributed by atoms with E-state index in [-0.39, 0.29) is 29.1 Å². The smallest absolute Gasteiger partial charge is 0.324 e. The zero-order valence-electron chi connectivity index (χ0n) is 15.5. The van der Waals surface area contributed by atoms with E-state index in [2.05, 4.69) is 10.4 Å². The van der Waals surface area contributed by atoms with Gasteiger partial charge >= 0.3 is 12.2 Å². The summed E-state index contributed by atoms with van der Waals surface area (Å²) in [7, 11) is 0. The van der Waals surface area contributed by atoms with E-state index in [1.54, 1.807) is 4.90 Å². The molecule has 1 fully saturated rings. The first-order chi connectivity index (χ1) is 13.6. The Balaban J connectivity index is 1.61. The molecule has 0 aliphatic carbocycles. The SMILES string of the molecule is CC(=O)Nc1cnn(C(=O)N2CCN(Cc3cc(Cl)ccc3C(F)(F)F)CC2)c1. The third kappa shape index (κ3) is 5.27. The third-order valence-electron chi connectivity index (χ3n) is 4.51. The van der Waals surface area contributed by atoms with Crippen LogP contribution in [0.2, 0.25) is 5.02 Å². The largest absolute Gasteiger partial charge is 0.416 e. The fraction of sp³-hybridized carbons (Fsp3) is 0.389. The number of anilines is 1. The number of carbonyl (C=O) groups excluding carboxylic acids is 2. The maximum Gasteiger partial charge on any atom is 0.416 e. The summed E-state index contributed by atoms with van der Waals surface area (Å²) in [5.74, 6) is -0.273. The molecule has 1 aliphatic rings. The van der Waals surface area contributed by atoms with Crippen LogP contribution in [0.3, 0.4) is 0 Å². The Bertz CT molecular complexity index is 907. The molecule has 1 aliphatic heterocycles. The van der Waals surface area contributed by atoms with Crippen molar-refractivity contribution in [2.75, 3.05) is 31.5 Å². The summed E-state index contributed by atoms with van der Waals surface area (Å²) in [5, 5.41) is 6.72. The quantitative estimate of drug-likeness (QED) is 0.812. The molecule has 2 heterocycles. The van der Waals surface area contributed by atoms with Gasteiger partial charge in [0.1, 0.15) is 0 Å². The van der Waals surface area contributed by atoms with Crippen molar-refractivity contribution in [3.05, 3.63) is 46.7 Å². The molecular weight excluding hydrogens is 411 g/mol. The number of hydrogen-bond acceptors (Lipinski definition) is 4. The standard InChI is InChI=1S/C18H19ClF3N5O2/c1-12(28)24-15-9-23-27(11-15)17(29)26-6-4-25(5-7-26)10-13-8-14(19)2-3-16(13)18(20,21)22/h2-3,8-9,11H,4-7,10H2,1H3,(H,24,28). The van der Waals surface area contributed by atoms with Gasteiger partial charge in [-0.25, -0.2) is 4.79 Å². The summed E-state index contributed by atoms with van der Waals surface area (Å²) in [6.45, 7) is 2.95. The highest BCUT2D eigenvalue weighted by molar-refractivity contribution is 6.30. The average Bonchev–Trinajstić information content (AvgIpc) is 3.08. The van der Waals surface area contributed by atoms with Gasteiger partial charge in [0.05, 0.1) is 23.6 Å². The lowest BCUT2D eigenvalue weighted by molar-refractivity contribution is -0.138. The maximum absolute atomic E-state index is 13.2. The molecule has 1 aromatic carbocycles. The molecule has 2 amide bonds. The van der Waals surface area contributed by atoms with Crippen LogP contribution in [-0.4, -0.2) is 57.7 Å². The molecule has 156 valence electrons. The fourth-order valence-corrected chi connectivity index (χ4v) is 3.34. The molecule has 11 heteroatoms. The lowest BCUT2D eigenvalue weighted by Gasteiger charge is -2.34. The van der Waals surface area contributed by atoms with Gasteiger partial charge in [0.2, 0.25) is 5.91 Å². The number of alkyl halides is 3. The minimum atomic E-state index is -4.45. The highest BCUT2D eigenvalue weighted by atomic mass is 35.5. The van der Waals surface area contributed by atoms with Crippen molar-refractivity contribution in [1.29, 1.82) is 0 Å². The van der Waals surface area contributed by atoms with E-state index in [1.165, 1.54) is 31.5 Å². The molecule has 0 bridgehead atoms. The minimum Gasteiger partial charge on any atom is -0.324 e. The lowest BCUT2D eigenvalue weighted by Crippen LogP contribution is -2.49. The summed E-state index contributed by atoms with van der Waals surface area (Å²) in [6.07, 6.45) is -1.67. The van der Waals surface area contributed by atoms with Gasteiger partial charge in [-0.15, -0.1) is 0 Å². The van der Waals surface area contributed by atoms with E-state index in [9.17, 15) is 22.8 Å². The molecule has 0 spiro atoms. The van der Waals surface area contributed by atoms with Crippen molar-refractivity contribution in [3.63, 3.8) is 0 Å². The number of nitrogens with zero attached hydrogens (tertiary/aromatic N) is 4. The molecule has 3 rings (SSSR count). The molecule has 1 saturated heterocycles. The summed E-state index contributed by atoms with van der Waals surface area (Å²) in [4.78, 5) is 27.0. The van der Waals surface area contributed by atoms with Crippen molar-refractivity contribution < 1.29 is 22.8 Å². The Morgan fingerprint density at radius 1 is 1.21 bits per heavy atom. The Kier molecular flexibility index (Phi) is 6.13. The van der Waals surface area contributed by atoms with Crippen LogP contribution in [0.1, 0.15) is 18.1 Å².